The molecule has 9 nitrogen and oxygen atoms in total. The van der Waals surface area contributed by atoms with E-state index in [1.165, 1.54) is 24.3 Å². The number of allylic oxidation sites excluding steroid dienone is 1. The highest BCUT2D eigenvalue weighted by Crippen LogP contribution is 2.33. The molecule has 3 rings (SSSR count). The fraction of sp³-hybridized carbons (Fsp3) is 0.182. The third kappa shape index (κ3) is 3.97. The number of carbonyl (C=O) groups is 3. The Morgan fingerprint density at radius 3 is 2.61 bits per heavy atom. The Balaban J connectivity index is 2.26. The molecule has 0 aliphatic heterocycles. The number of carboxylic acid groups (broad SMARTS) is 1. The maximum Gasteiger partial charge on any atom is 0.354 e. The summed E-state index contributed by atoms with van der Waals surface area (Å²) >= 11 is 0. The average Bonchev–Trinajstić information content (AvgIpc) is 3.12. The first-order chi connectivity index (χ1) is 14.8. The van der Waals surface area contributed by atoms with Crippen LogP contribution in [0.1, 0.15) is 16.2 Å². The lowest BCUT2D eigenvalue weighted by Crippen LogP contribution is -2.25. The van der Waals surface area contributed by atoms with Crippen LogP contribution in [0.3, 0.4) is 0 Å². The summed E-state index contributed by atoms with van der Waals surface area (Å²) < 4.78 is 4.70. The van der Waals surface area contributed by atoms with E-state index in [0.29, 0.717) is 34.4 Å². The van der Waals surface area contributed by atoms with Crippen LogP contribution >= 0.6 is 0 Å². The first-order valence-electron chi connectivity index (χ1n) is 9.22. The standard InChI is InChI=1S/C22H20N2O7/c1-3-11(9-25)13(16(10-26)22(30)31-2)7-18-20-15(8-19(23-18)21(28)29)14-6-12(27)4-5-17(14)24-20/h3-6,8-11,13,24,26-27H,1,7H2,2H3,(H,28,29)/b16-10-. The Morgan fingerprint density at radius 2 is 2.03 bits per heavy atom. The fourth-order valence-electron chi connectivity index (χ4n) is 3.60. The third-order valence-electron chi connectivity index (χ3n) is 5.13. The van der Waals surface area contributed by atoms with Gasteiger partial charge in [-0.3, -0.25) is 0 Å². The Hall–Kier alpha value is -4.14. The quantitative estimate of drug-likeness (QED) is 0.142. The number of phenols is 1. The van der Waals surface area contributed by atoms with Crippen molar-refractivity contribution in [2.75, 3.05) is 7.11 Å². The number of aromatic carboxylic acids is 1. The number of nitrogens with zero attached hydrogens (tertiary/aromatic N) is 1. The molecule has 0 amide bonds. The van der Waals surface area contributed by atoms with Gasteiger partial charge in [0.25, 0.3) is 0 Å². The number of carboxylic acids is 1. The van der Waals surface area contributed by atoms with E-state index >= 15 is 0 Å². The van der Waals surface area contributed by atoms with E-state index in [9.17, 15) is 29.7 Å². The number of aliphatic hydroxyl groups excluding tert-OH is 1. The van der Waals surface area contributed by atoms with Gasteiger partial charge in [-0.1, -0.05) is 6.08 Å². The molecular weight excluding hydrogens is 404 g/mol. The zero-order valence-electron chi connectivity index (χ0n) is 16.5. The number of carbonyl (C=O) groups excluding carboxylic acids is 2. The topological polar surface area (TPSA) is 150 Å². The number of aromatic amines is 1. The van der Waals surface area contributed by atoms with Crippen LogP contribution in [0.25, 0.3) is 21.8 Å². The second-order valence-electron chi connectivity index (χ2n) is 6.87. The maximum absolute atomic E-state index is 12.2. The molecule has 0 saturated carbocycles. The van der Waals surface area contributed by atoms with E-state index in [1.807, 2.05) is 0 Å². The van der Waals surface area contributed by atoms with Crippen molar-refractivity contribution in [1.82, 2.24) is 9.97 Å². The smallest absolute Gasteiger partial charge is 0.354 e. The van der Waals surface area contributed by atoms with Gasteiger partial charge in [0.1, 0.15) is 17.7 Å². The minimum absolute atomic E-state index is 0.00498. The Bertz CT molecular complexity index is 1220. The zero-order chi connectivity index (χ0) is 22.7. The van der Waals surface area contributed by atoms with Crippen molar-refractivity contribution >= 4 is 40.0 Å². The number of aliphatic hydroxyl groups is 1. The SMILES string of the molecule is C=CC(C=O)C(Cc1nc(C(=O)O)cc2c1[nH]c1ccc(O)cc12)/C(=C/O)C(=O)OC. The molecule has 3 aromatic rings. The van der Waals surface area contributed by atoms with Gasteiger partial charge < -0.3 is 29.8 Å². The van der Waals surface area contributed by atoms with E-state index in [-0.39, 0.29) is 29.1 Å². The fourth-order valence-corrected chi connectivity index (χ4v) is 3.60. The largest absolute Gasteiger partial charge is 0.515 e. The van der Waals surface area contributed by atoms with Gasteiger partial charge in [0.05, 0.1) is 30.2 Å². The van der Waals surface area contributed by atoms with Gasteiger partial charge in [-0.2, -0.15) is 0 Å². The lowest BCUT2D eigenvalue weighted by atomic mass is 9.83. The predicted octanol–water partition coefficient (Wildman–Crippen LogP) is 2.89. The molecule has 4 N–H and O–H groups in total. The van der Waals surface area contributed by atoms with Crippen molar-refractivity contribution in [2.24, 2.45) is 11.8 Å². The lowest BCUT2D eigenvalue weighted by molar-refractivity contribution is -0.137. The number of aromatic nitrogens is 2. The zero-order valence-corrected chi connectivity index (χ0v) is 16.5. The predicted molar refractivity (Wildman–Crippen MR) is 112 cm³/mol. The number of H-pyrrole nitrogens is 1. The number of nitrogens with one attached hydrogen (secondary N) is 1. The molecule has 0 saturated heterocycles. The summed E-state index contributed by atoms with van der Waals surface area (Å²) in [6.07, 6.45) is 2.39. The van der Waals surface area contributed by atoms with Crippen LogP contribution in [-0.2, 0) is 20.7 Å². The third-order valence-corrected chi connectivity index (χ3v) is 5.13. The summed E-state index contributed by atoms with van der Waals surface area (Å²) in [5.74, 6) is -3.89. The van der Waals surface area contributed by atoms with Crippen molar-refractivity contribution in [2.45, 2.75) is 6.42 Å². The van der Waals surface area contributed by atoms with Crippen LogP contribution in [0, 0.1) is 11.8 Å². The molecule has 160 valence electrons. The maximum atomic E-state index is 12.2. The molecule has 9 heteroatoms. The van der Waals surface area contributed by atoms with Gasteiger partial charge in [-0.15, -0.1) is 6.58 Å². The molecule has 0 bridgehead atoms. The number of benzene rings is 1. The second kappa shape index (κ2) is 8.70. The molecule has 2 heterocycles. The van der Waals surface area contributed by atoms with Gasteiger partial charge in [-0.05, 0) is 24.3 Å². The Labute approximate surface area is 176 Å². The number of fused-ring (bicyclic) bond motifs is 3. The minimum atomic E-state index is -1.27. The second-order valence-corrected chi connectivity index (χ2v) is 6.87. The number of hydrogen-bond acceptors (Lipinski definition) is 7. The number of esters is 1. The first kappa shape index (κ1) is 21.6. The molecule has 2 atom stereocenters. The number of ether oxygens (including phenoxy) is 1. The molecule has 1 aromatic carbocycles. The summed E-state index contributed by atoms with van der Waals surface area (Å²) in [4.78, 5) is 42.8. The average molecular weight is 424 g/mol. The van der Waals surface area contributed by atoms with Crippen molar-refractivity contribution in [3.8, 4) is 5.75 Å². The first-order valence-corrected chi connectivity index (χ1v) is 9.22. The molecule has 0 aliphatic rings. The molecular formula is C22H20N2O7. The van der Waals surface area contributed by atoms with Crippen molar-refractivity contribution in [3.05, 3.63) is 60.1 Å². The van der Waals surface area contributed by atoms with Gasteiger partial charge >= 0.3 is 11.9 Å². The number of rotatable bonds is 8. The van der Waals surface area contributed by atoms with Crippen molar-refractivity contribution in [1.29, 1.82) is 0 Å². The molecule has 2 unspecified atom stereocenters. The molecule has 0 aliphatic carbocycles. The molecule has 31 heavy (non-hydrogen) atoms. The van der Waals surface area contributed by atoms with Gasteiger partial charge in [0, 0.05) is 34.5 Å². The molecule has 2 aromatic heterocycles. The van der Waals surface area contributed by atoms with Gasteiger partial charge in [-0.25, -0.2) is 14.6 Å². The van der Waals surface area contributed by atoms with Crippen molar-refractivity contribution < 1.29 is 34.4 Å². The highest BCUT2D eigenvalue weighted by Gasteiger charge is 2.30. The van der Waals surface area contributed by atoms with Crippen LogP contribution in [0.2, 0.25) is 0 Å². The van der Waals surface area contributed by atoms with Crippen LogP contribution in [0.4, 0.5) is 0 Å². The normalized spacial score (nSPS) is 13.6. The summed E-state index contributed by atoms with van der Waals surface area (Å²) in [7, 11) is 1.14. The number of aromatic hydroxyl groups is 1. The van der Waals surface area contributed by atoms with Crippen molar-refractivity contribution in [3.63, 3.8) is 0 Å². The number of methoxy groups -OCH3 is 1. The van der Waals surface area contributed by atoms with Crippen LogP contribution in [0.5, 0.6) is 5.75 Å². The highest BCUT2D eigenvalue weighted by molar-refractivity contribution is 6.10. The van der Waals surface area contributed by atoms with E-state index in [2.05, 4.69) is 16.5 Å². The summed E-state index contributed by atoms with van der Waals surface area (Å²) in [5, 5.41) is 30.1. The molecule has 0 spiro atoms. The lowest BCUT2D eigenvalue weighted by Gasteiger charge is -2.21. The molecule has 0 fully saturated rings. The van der Waals surface area contributed by atoms with E-state index in [4.69, 9.17) is 4.74 Å². The summed E-state index contributed by atoms with van der Waals surface area (Å²) in [6, 6.07) is 5.99. The monoisotopic (exact) mass is 424 g/mol. The van der Waals surface area contributed by atoms with E-state index in [0.717, 1.165) is 7.11 Å². The van der Waals surface area contributed by atoms with Gasteiger partial charge in [0.15, 0.2) is 0 Å². The number of aldehydes is 1. The number of phenolic OH excluding ortho intramolecular Hbond substituents is 1. The number of hydrogen-bond donors (Lipinski definition) is 4. The number of pyridine rings is 1. The minimum Gasteiger partial charge on any atom is -0.515 e. The van der Waals surface area contributed by atoms with Crippen LogP contribution in [0.15, 0.2) is 48.8 Å². The van der Waals surface area contributed by atoms with Crippen LogP contribution < -0.4 is 0 Å². The Kier molecular flexibility index (Phi) is 6.05. The van der Waals surface area contributed by atoms with Crippen LogP contribution in [-0.4, -0.2) is 50.6 Å². The summed E-state index contributed by atoms with van der Waals surface area (Å²) in [6.45, 7) is 3.61. The summed E-state index contributed by atoms with van der Waals surface area (Å²) in [5.41, 5.74) is 0.943. The molecule has 0 radical (unpaired) electrons. The van der Waals surface area contributed by atoms with Gasteiger partial charge in [0.2, 0.25) is 0 Å². The Morgan fingerprint density at radius 1 is 1.29 bits per heavy atom. The van der Waals surface area contributed by atoms with E-state index in [1.54, 1.807) is 6.07 Å². The highest BCUT2D eigenvalue weighted by atomic mass is 16.5. The van der Waals surface area contributed by atoms with E-state index < -0.39 is 23.8 Å².